The van der Waals surface area contributed by atoms with E-state index in [4.69, 9.17) is 15.7 Å². The minimum absolute atomic E-state index is 0.112. The van der Waals surface area contributed by atoms with Crippen LogP contribution in [0.25, 0.3) is 16.9 Å². The maximum atomic E-state index is 14.4. The molecule has 35 heavy (non-hydrogen) atoms. The van der Waals surface area contributed by atoms with Gasteiger partial charge >= 0.3 is 0 Å². The molecule has 5 rings (SSSR count). The molecule has 0 saturated heterocycles. The molecular formula is C26H26F2N6O. The van der Waals surface area contributed by atoms with Crippen LogP contribution in [0.3, 0.4) is 0 Å². The number of aryl methyl sites for hydroxylation is 2. The molecule has 0 atom stereocenters. The Morgan fingerprint density at radius 3 is 2.71 bits per heavy atom. The fraction of sp³-hybridized carbons (Fsp3) is 0.269. The highest BCUT2D eigenvalue weighted by Gasteiger charge is 2.23. The summed E-state index contributed by atoms with van der Waals surface area (Å²) in [7, 11) is 2.01. The Balaban J connectivity index is 1.67. The number of primary amides is 1. The van der Waals surface area contributed by atoms with Crippen LogP contribution in [0.1, 0.15) is 40.2 Å². The third kappa shape index (κ3) is 4.29. The van der Waals surface area contributed by atoms with Gasteiger partial charge in [-0.3, -0.25) is 9.36 Å². The van der Waals surface area contributed by atoms with E-state index in [1.54, 1.807) is 16.7 Å². The molecule has 4 aromatic rings. The van der Waals surface area contributed by atoms with Crippen molar-refractivity contribution in [3.8, 4) is 5.95 Å². The summed E-state index contributed by atoms with van der Waals surface area (Å²) in [6.45, 7) is 3.09. The molecule has 0 spiro atoms. The van der Waals surface area contributed by atoms with E-state index < -0.39 is 11.7 Å². The molecule has 1 amide bonds. The first-order valence-corrected chi connectivity index (χ1v) is 11.5. The van der Waals surface area contributed by atoms with Crippen LogP contribution in [-0.2, 0) is 13.0 Å². The molecule has 7 nitrogen and oxygen atoms in total. The van der Waals surface area contributed by atoms with E-state index in [1.165, 1.54) is 18.2 Å². The summed E-state index contributed by atoms with van der Waals surface area (Å²) in [6.07, 6.45) is 2.76. The van der Waals surface area contributed by atoms with E-state index in [0.29, 0.717) is 29.2 Å². The Labute approximate surface area is 201 Å². The zero-order valence-corrected chi connectivity index (χ0v) is 19.6. The van der Waals surface area contributed by atoms with E-state index in [9.17, 15) is 13.6 Å². The lowest BCUT2D eigenvalue weighted by Crippen LogP contribution is -2.22. The Kier molecular flexibility index (Phi) is 5.84. The number of rotatable bonds is 5. The molecule has 3 N–H and O–H groups in total. The standard InChI is InChI=1S/C26H26F2N6O/c1-15-10-19-20(24(29)35)12-18(28)13-22(19)34(15)26-31-21-8-3-4-9-33(2)23(21)25(32-26)30-14-16-6-5-7-17(27)11-16/h5-7,10-13H,3-4,8-9,14H2,1-2H3,(H2,29,35)(H,30,31,32). The first kappa shape index (κ1) is 22.8. The fourth-order valence-corrected chi connectivity index (χ4v) is 4.75. The fourth-order valence-electron chi connectivity index (χ4n) is 4.75. The van der Waals surface area contributed by atoms with Gasteiger partial charge in [0, 0.05) is 31.2 Å². The van der Waals surface area contributed by atoms with Gasteiger partial charge in [-0.2, -0.15) is 4.98 Å². The summed E-state index contributed by atoms with van der Waals surface area (Å²) in [5.74, 6) is -0.579. The topological polar surface area (TPSA) is 89.1 Å². The van der Waals surface area contributed by atoms with Crippen LogP contribution in [0.2, 0.25) is 0 Å². The number of carbonyl (C=O) groups excluding carboxylic acids is 1. The number of amides is 1. The number of hydrogen-bond donors (Lipinski definition) is 2. The monoisotopic (exact) mass is 476 g/mol. The van der Waals surface area contributed by atoms with Gasteiger partial charge < -0.3 is 16.0 Å². The normalized spacial score (nSPS) is 13.5. The van der Waals surface area contributed by atoms with Crippen LogP contribution in [-0.4, -0.2) is 34.0 Å². The molecule has 9 heteroatoms. The molecule has 0 radical (unpaired) electrons. The molecule has 3 heterocycles. The molecule has 0 bridgehead atoms. The van der Waals surface area contributed by atoms with Crippen LogP contribution in [0.5, 0.6) is 0 Å². The third-order valence-electron chi connectivity index (χ3n) is 6.37. The SMILES string of the molecule is Cc1cc2c(C(N)=O)cc(F)cc2n1-c1nc2c(c(NCc3cccc(F)c3)n1)N(C)CCCC2. The van der Waals surface area contributed by atoms with Gasteiger partial charge in [-0.1, -0.05) is 12.1 Å². The summed E-state index contributed by atoms with van der Waals surface area (Å²) in [5.41, 5.74) is 9.40. The van der Waals surface area contributed by atoms with Gasteiger partial charge in [0.15, 0.2) is 5.82 Å². The quantitative estimate of drug-likeness (QED) is 0.443. The summed E-state index contributed by atoms with van der Waals surface area (Å²) in [4.78, 5) is 23.8. The van der Waals surface area contributed by atoms with Crippen molar-refractivity contribution in [1.82, 2.24) is 14.5 Å². The van der Waals surface area contributed by atoms with Crippen molar-refractivity contribution in [2.45, 2.75) is 32.7 Å². The second-order valence-corrected chi connectivity index (χ2v) is 8.90. The van der Waals surface area contributed by atoms with Gasteiger partial charge in [0.1, 0.15) is 17.3 Å². The summed E-state index contributed by atoms with van der Waals surface area (Å²) < 4.78 is 29.9. The molecule has 1 aliphatic rings. The van der Waals surface area contributed by atoms with Crippen LogP contribution in [0.4, 0.5) is 20.3 Å². The first-order chi connectivity index (χ1) is 16.8. The number of nitrogens with zero attached hydrogens (tertiary/aromatic N) is 4. The minimum Gasteiger partial charge on any atom is -0.370 e. The van der Waals surface area contributed by atoms with Crippen LogP contribution in [0.15, 0.2) is 42.5 Å². The molecule has 1 aliphatic heterocycles. The molecule has 0 saturated carbocycles. The lowest BCUT2D eigenvalue weighted by molar-refractivity contribution is 0.100. The van der Waals surface area contributed by atoms with Crippen molar-refractivity contribution in [2.75, 3.05) is 23.8 Å². The van der Waals surface area contributed by atoms with E-state index in [-0.39, 0.29) is 11.4 Å². The maximum Gasteiger partial charge on any atom is 0.249 e. The Morgan fingerprint density at radius 1 is 1.11 bits per heavy atom. The van der Waals surface area contributed by atoms with Crippen LogP contribution < -0.4 is 16.0 Å². The first-order valence-electron chi connectivity index (χ1n) is 11.5. The molecule has 180 valence electrons. The predicted octanol–water partition coefficient (Wildman–Crippen LogP) is 4.49. The molecule has 0 fully saturated rings. The van der Waals surface area contributed by atoms with Crippen molar-refractivity contribution in [3.63, 3.8) is 0 Å². The van der Waals surface area contributed by atoms with E-state index in [0.717, 1.165) is 54.5 Å². The number of carbonyl (C=O) groups is 1. The molecule has 0 aliphatic carbocycles. The second kappa shape index (κ2) is 8.98. The van der Waals surface area contributed by atoms with Gasteiger partial charge in [-0.15, -0.1) is 0 Å². The predicted molar refractivity (Wildman–Crippen MR) is 132 cm³/mol. The van der Waals surface area contributed by atoms with Crippen molar-refractivity contribution < 1.29 is 13.6 Å². The number of halogens is 2. The maximum absolute atomic E-state index is 14.4. The van der Waals surface area contributed by atoms with Crippen LogP contribution in [0, 0.1) is 18.6 Å². The third-order valence-corrected chi connectivity index (χ3v) is 6.37. The van der Waals surface area contributed by atoms with Crippen molar-refractivity contribution in [1.29, 1.82) is 0 Å². The lowest BCUT2D eigenvalue weighted by atomic mass is 10.1. The number of fused-ring (bicyclic) bond motifs is 2. The highest BCUT2D eigenvalue weighted by molar-refractivity contribution is 6.06. The van der Waals surface area contributed by atoms with Gasteiger partial charge in [0.05, 0.1) is 16.8 Å². The van der Waals surface area contributed by atoms with Crippen molar-refractivity contribution in [3.05, 3.63) is 76.6 Å². The summed E-state index contributed by atoms with van der Waals surface area (Å²) in [5, 5.41) is 3.91. The lowest BCUT2D eigenvalue weighted by Gasteiger charge is -2.23. The molecule has 2 aromatic heterocycles. The minimum atomic E-state index is -0.700. The number of hydrogen-bond acceptors (Lipinski definition) is 5. The van der Waals surface area contributed by atoms with Crippen molar-refractivity contribution >= 4 is 28.3 Å². The van der Waals surface area contributed by atoms with Crippen LogP contribution >= 0.6 is 0 Å². The highest BCUT2D eigenvalue weighted by atomic mass is 19.1. The second-order valence-electron chi connectivity index (χ2n) is 8.90. The van der Waals surface area contributed by atoms with Crippen molar-refractivity contribution in [2.24, 2.45) is 5.73 Å². The average Bonchev–Trinajstić information content (AvgIpc) is 3.02. The molecular weight excluding hydrogens is 450 g/mol. The van der Waals surface area contributed by atoms with E-state index in [2.05, 4.69) is 10.2 Å². The van der Waals surface area contributed by atoms with E-state index >= 15 is 0 Å². The zero-order valence-electron chi connectivity index (χ0n) is 19.6. The van der Waals surface area contributed by atoms with Gasteiger partial charge in [0.25, 0.3) is 0 Å². The van der Waals surface area contributed by atoms with Gasteiger partial charge in [-0.25, -0.2) is 13.8 Å². The van der Waals surface area contributed by atoms with Gasteiger partial charge in [0.2, 0.25) is 11.9 Å². The number of anilines is 2. The van der Waals surface area contributed by atoms with E-state index in [1.807, 2.05) is 20.0 Å². The molecule has 2 aromatic carbocycles. The number of nitrogens with one attached hydrogen (secondary N) is 1. The summed E-state index contributed by atoms with van der Waals surface area (Å²) >= 11 is 0. The molecule has 0 unspecified atom stereocenters. The Bertz CT molecular complexity index is 1450. The smallest absolute Gasteiger partial charge is 0.249 e. The zero-order chi connectivity index (χ0) is 24.7. The van der Waals surface area contributed by atoms with Gasteiger partial charge in [-0.05, 0) is 62.1 Å². The largest absolute Gasteiger partial charge is 0.370 e. The highest BCUT2D eigenvalue weighted by Crippen LogP contribution is 2.34. The number of benzene rings is 2. The summed E-state index contributed by atoms with van der Waals surface area (Å²) in [6, 6.07) is 10.7. The Hall–Kier alpha value is -4.01. The number of nitrogens with two attached hydrogens (primary N) is 1. The average molecular weight is 477 g/mol. The Morgan fingerprint density at radius 2 is 1.94 bits per heavy atom. The number of aromatic nitrogens is 3.